The molecule has 0 aliphatic carbocycles. The Hall–Kier alpha value is -2.67. The average molecular weight is 398 g/mol. The van der Waals surface area contributed by atoms with Crippen LogP contribution in [0, 0.1) is 13.8 Å². The monoisotopic (exact) mass is 397 g/mol. The number of hydrogen-bond acceptors (Lipinski definition) is 5. The number of nitrogens with zero attached hydrogens (tertiary/aromatic N) is 3. The summed E-state index contributed by atoms with van der Waals surface area (Å²) >= 11 is 1.49. The standard InChI is InChI=1S/C21H23N3O3S/c1-4-8-23-9-7-22-21(23)28-12-18(25)17-10-14(2)24(15(17)3)16-5-6-19-20(11-16)27-13-26-19/h5-7,9-11H,4,8,12-13H2,1-3H3. The number of rotatable bonds is 7. The van der Waals surface area contributed by atoms with Gasteiger partial charge in [-0.1, -0.05) is 18.7 Å². The number of benzene rings is 1. The molecule has 0 saturated carbocycles. The number of carbonyl (C=O) groups is 1. The first-order valence-corrected chi connectivity index (χ1v) is 10.3. The van der Waals surface area contributed by atoms with Crippen LogP contribution in [0.3, 0.4) is 0 Å². The minimum atomic E-state index is 0.108. The van der Waals surface area contributed by atoms with Crippen molar-refractivity contribution < 1.29 is 14.3 Å². The van der Waals surface area contributed by atoms with Crippen LogP contribution >= 0.6 is 11.8 Å². The molecule has 28 heavy (non-hydrogen) atoms. The van der Waals surface area contributed by atoms with Crippen molar-refractivity contribution >= 4 is 17.5 Å². The molecule has 0 atom stereocenters. The summed E-state index contributed by atoms with van der Waals surface area (Å²) in [6.45, 7) is 7.28. The lowest BCUT2D eigenvalue weighted by atomic mass is 10.2. The van der Waals surface area contributed by atoms with Crippen molar-refractivity contribution in [1.29, 1.82) is 0 Å². The van der Waals surface area contributed by atoms with Gasteiger partial charge in [-0.2, -0.15) is 0 Å². The van der Waals surface area contributed by atoms with Crippen molar-refractivity contribution in [3.63, 3.8) is 0 Å². The zero-order valence-corrected chi connectivity index (χ0v) is 17.1. The largest absolute Gasteiger partial charge is 0.454 e. The predicted octanol–water partition coefficient (Wildman–Crippen LogP) is 4.40. The van der Waals surface area contributed by atoms with E-state index in [1.165, 1.54) is 11.8 Å². The number of hydrogen-bond donors (Lipinski definition) is 0. The van der Waals surface area contributed by atoms with Crippen LogP contribution in [0.5, 0.6) is 11.5 Å². The summed E-state index contributed by atoms with van der Waals surface area (Å²) in [5.41, 5.74) is 3.65. The molecule has 0 spiro atoms. The summed E-state index contributed by atoms with van der Waals surface area (Å²) in [4.78, 5) is 17.3. The highest BCUT2D eigenvalue weighted by molar-refractivity contribution is 7.99. The molecule has 1 aromatic carbocycles. The van der Waals surface area contributed by atoms with Crippen LogP contribution < -0.4 is 9.47 Å². The zero-order chi connectivity index (χ0) is 19.7. The number of carbonyl (C=O) groups excluding carboxylic acids is 1. The van der Waals surface area contributed by atoms with Crippen molar-refractivity contribution in [2.75, 3.05) is 12.5 Å². The molecule has 0 bridgehead atoms. The molecule has 0 N–H and O–H groups in total. The highest BCUT2D eigenvalue weighted by atomic mass is 32.2. The number of ketones is 1. The molecule has 3 heterocycles. The molecule has 7 heteroatoms. The van der Waals surface area contributed by atoms with Crippen LogP contribution in [0.15, 0.2) is 41.8 Å². The topological polar surface area (TPSA) is 58.3 Å². The van der Waals surface area contributed by atoms with E-state index >= 15 is 0 Å². The molecule has 4 rings (SSSR count). The lowest BCUT2D eigenvalue weighted by Crippen LogP contribution is -2.07. The lowest BCUT2D eigenvalue weighted by Gasteiger charge is -2.11. The molecule has 0 amide bonds. The van der Waals surface area contributed by atoms with Gasteiger partial charge in [0.25, 0.3) is 0 Å². The van der Waals surface area contributed by atoms with E-state index in [0.717, 1.165) is 52.3 Å². The van der Waals surface area contributed by atoms with Gasteiger partial charge in [0, 0.05) is 47.6 Å². The van der Waals surface area contributed by atoms with Gasteiger partial charge in [-0.25, -0.2) is 4.98 Å². The molecule has 146 valence electrons. The Kier molecular flexibility index (Phi) is 5.17. The molecule has 1 aliphatic rings. The molecule has 0 unspecified atom stereocenters. The molecule has 6 nitrogen and oxygen atoms in total. The predicted molar refractivity (Wildman–Crippen MR) is 109 cm³/mol. The van der Waals surface area contributed by atoms with Crippen molar-refractivity contribution in [3.05, 3.63) is 53.6 Å². The number of aromatic nitrogens is 3. The van der Waals surface area contributed by atoms with Crippen LogP contribution in [0.25, 0.3) is 5.69 Å². The fraction of sp³-hybridized carbons (Fsp3) is 0.333. The first-order chi connectivity index (χ1) is 13.6. The van der Waals surface area contributed by atoms with Crippen LogP contribution in [-0.2, 0) is 6.54 Å². The maximum absolute atomic E-state index is 12.9. The molecule has 0 saturated heterocycles. The Bertz CT molecular complexity index is 1020. The SMILES string of the molecule is CCCn1ccnc1SCC(=O)c1cc(C)n(-c2ccc3c(c2)OCO3)c1C. The zero-order valence-electron chi connectivity index (χ0n) is 16.3. The first-order valence-electron chi connectivity index (χ1n) is 9.34. The maximum Gasteiger partial charge on any atom is 0.231 e. The van der Waals surface area contributed by atoms with Gasteiger partial charge in [-0.3, -0.25) is 4.79 Å². The molecule has 2 aromatic heterocycles. The number of fused-ring (bicyclic) bond motifs is 1. The second kappa shape index (κ2) is 7.75. The van der Waals surface area contributed by atoms with E-state index in [4.69, 9.17) is 9.47 Å². The van der Waals surface area contributed by atoms with E-state index in [1.807, 2.05) is 44.3 Å². The first kappa shape index (κ1) is 18.7. The van der Waals surface area contributed by atoms with Crippen LogP contribution in [0.1, 0.15) is 35.1 Å². The normalized spacial score (nSPS) is 12.5. The molecular formula is C21H23N3O3S. The van der Waals surface area contributed by atoms with Crippen LogP contribution in [-0.4, -0.2) is 32.4 Å². The Labute approximate surface area is 168 Å². The molecule has 0 radical (unpaired) electrons. The van der Waals surface area contributed by atoms with Gasteiger partial charge in [0.05, 0.1) is 5.75 Å². The number of thioether (sulfide) groups is 1. The molecule has 0 fully saturated rings. The molecule has 3 aromatic rings. The number of ether oxygens (including phenoxy) is 2. The van der Waals surface area contributed by atoms with Crippen LogP contribution in [0.4, 0.5) is 0 Å². The second-order valence-electron chi connectivity index (χ2n) is 6.77. The van der Waals surface area contributed by atoms with Gasteiger partial charge in [0.1, 0.15) is 0 Å². The third-order valence-corrected chi connectivity index (χ3v) is 5.82. The van der Waals surface area contributed by atoms with Gasteiger partial charge in [-0.05, 0) is 38.5 Å². The third kappa shape index (κ3) is 3.42. The fourth-order valence-corrected chi connectivity index (χ4v) is 4.39. The van der Waals surface area contributed by atoms with Crippen LogP contribution in [0.2, 0.25) is 0 Å². The molecule has 1 aliphatic heterocycles. The number of Topliss-reactive ketones (excluding diaryl/α,β-unsaturated/α-hetero) is 1. The van der Waals surface area contributed by atoms with E-state index in [2.05, 4.69) is 21.0 Å². The minimum absolute atomic E-state index is 0.108. The van der Waals surface area contributed by atoms with E-state index in [-0.39, 0.29) is 12.6 Å². The highest BCUT2D eigenvalue weighted by Crippen LogP contribution is 2.35. The van der Waals surface area contributed by atoms with Gasteiger partial charge in [-0.15, -0.1) is 0 Å². The van der Waals surface area contributed by atoms with E-state index in [9.17, 15) is 4.79 Å². The summed E-state index contributed by atoms with van der Waals surface area (Å²) in [6, 6.07) is 7.80. The summed E-state index contributed by atoms with van der Waals surface area (Å²) in [6.07, 6.45) is 4.78. The maximum atomic E-state index is 12.9. The summed E-state index contributed by atoms with van der Waals surface area (Å²) in [7, 11) is 0. The minimum Gasteiger partial charge on any atom is -0.454 e. The van der Waals surface area contributed by atoms with Crippen molar-refractivity contribution in [2.24, 2.45) is 0 Å². The molecular weight excluding hydrogens is 374 g/mol. The quantitative estimate of drug-likeness (QED) is 0.437. The van der Waals surface area contributed by atoms with E-state index in [1.54, 1.807) is 6.20 Å². The Morgan fingerprint density at radius 1 is 1.21 bits per heavy atom. The summed E-state index contributed by atoms with van der Waals surface area (Å²) in [5, 5.41) is 0.889. The fourth-order valence-electron chi connectivity index (χ4n) is 3.52. The van der Waals surface area contributed by atoms with E-state index in [0.29, 0.717) is 5.75 Å². The van der Waals surface area contributed by atoms with Gasteiger partial charge >= 0.3 is 0 Å². The van der Waals surface area contributed by atoms with Gasteiger partial charge < -0.3 is 18.6 Å². The Morgan fingerprint density at radius 2 is 2.04 bits per heavy atom. The average Bonchev–Trinajstić information content (AvgIpc) is 3.39. The number of aryl methyl sites for hydroxylation is 2. The third-order valence-electron chi connectivity index (χ3n) is 4.82. The smallest absolute Gasteiger partial charge is 0.231 e. The summed E-state index contributed by atoms with van der Waals surface area (Å²) in [5.74, 6) is 1.96. The van der Waals surface area contributed by atoms with E-state index < -0.39 is 0 Å². The van der Waals surface area contributed by atoms with Crippen molar-refractivity contribution in [3.8, 4) is 17.2 Å². The number of imidazole rings is 1. The van der Waals surface area contributed by atoms with Gasteiger partial charge in [0.2, 0.25) is 6.79 Å². The summed E-state index contributed by atoms with van der Waals surface area (Å²) < 4.78 is 15.1. The Balaban J connectivity index is 1.55. The Morgan fingerprint density at radius 3 is 2.86 bits per heavy atom. The second-order valence-corrected chi connectivity index (χ2v) is 7.72. The van der Waals surface area contributed by atoms with Crippen molar-refractivity contribution in [2.45, 2.75) is 38.9 Å². The lowest BCUT2D eigenvalue weighted by molar-refractivity contribution is 0.102. The highest BCUT2D eigenvalue weighted by Gasteiger charge is 2.20. The van der Waals surface area contributed by atoms with Crippen molar-refractivity contribution in [1.82, 2.24) is 14.1 Å². The van der Waals surface area contributed by atoms with Gasteiger partial charge in [0.15, 0.2) is 22.4 Å².